The van der Waals surface area contributed by atoms with Gasteiger partial charge in [-0.15, -0.1) is 0 Å². The van der Waals surface area contributed by atoms with Crippen LogP contribution in [-0.2, 0) is 4.79 Å². The maximum atomic E-state index is 11.4. The molecule has 2 aromatic carbocycles. The van der Waals surface area contributed by atoms with E-state index in [-0.39, 0.29) is 0 Å². The van der Waals surface area contributed by atoms with Crippen molar-refractivity contribution in [2.75, 3.05) is 0 Å². The summed E-state index contributed by atoms with van der Waals surface area (Å²) < 4.78 is 0. The minimum Gasteiger partial charge on any atom is -0.481 e. The maximum absolute atomic E-state index is 11.4. The molecule has 0 unspecified atom stereocenters. The number of aliphatic hydroxyl groups is 1. The van der Waals surface area contributed by atoms with Crippen molar-refractivity contribution in [3.05, 3.63) is 71.8 Å². The van der Waals surface area contributed by atoms with Crippen LogP contribution in [0, 0.1) is 0 Å². The van der Waals surface area contributed by atoms with Gasteiger partial charge in [0.1, 0.15) is 5.92 Å². The van der Waals surface area contributed by atoms with Gasteiger partial charge >= 0.3 is 5.97 Å². The fourth-order valence-electron chi connectivity index (χ4n) is 1.96. The summed E-state index contributed by atoms with van der Waals surface area (Å²) in [6.45, 7) is 0. The molecule has 0 amide bonds. The predicted molar refractivity (Wildman–Crippen MR) is 68.2 cm³/mol. The minimum absolute atomic E-state index is 0.598. The van der Waals surface area contributed by atoms with Crippen LogP contribution in [0.1, 0.15) is 23.1 Å². The molecule has 3 heteroatoms. The lowest BCUT2D eigenvalue weighted by molar-refractivity contribution is -0.141. The quantitative estimate of drug-likeness (QED) is 0.866. The van der Waals surface area contributed by atoms with E-state index in [1.807, 2.05) is 12.1 Å². The third kappa shape index (κ3) is 2.57. The number of aliphatic hydroxyl groups excluding tert-OH is 1. The summed E-state index contributed by atoms with van der Waals surface area (Å²) in [6, 6.07) is 17.6. The van der Waals surface area contributed by atoms with Crippen LogP contribution in [0.25, 0.3) is 0 Å². The van der Waals surface area contributed by atoms with E-state index < -0.39 is 18.0 Å². The van der Waals surface area contributed by atoms with Crippen molar-refractivity contribution in [3.8, 4) is 0 Å². The average Bonchev–Trinajstić information content (AvgIpc) is 2.40. The van der Waals surface area contributed by atoms with Gasteiger partial charge in [-0.25, -0.2) is 0 Å². The van der Waals surface area contributed by atoms with Crippen LogP contribution in [0.15, 0.2) is 60.7 Å². The third-order valence-electron chi connectivity index (χ3n) is 2.88. The van der Waals surface area contributed by atoms with Crippen LogP contribution in [0.5, 0.6) is 0 Å². The van der Waals surface area contributed by atoms with Gasteiger partial charge in [-0.05, 0) is 11.1 Å². The number of carboxylic acids is 1. The van der Waals surface area contributed by atoms with Crippen LogP contribution in [0.4, 0.5) is 0 Å². The molecule has 3 nitrogen and oxygen atoms in total. The first-order valence-corrected chi connectivity index (χ1v) is 5.71. The van der Waals surface area contributed by atoms with Gasteiger partial charge in [-0.1, -0.05) is 60.7 Å². The lowest BCUT2D eigenvalue weighted by atomic mass is 9.89. The van der Waals surface area contributed by atoms with Crippen molar-refractivity contribution in [3.63, 3.8) is 0 Å². The number of carboxylic acid groups (broad SMARTS) is 1. The highest BCUT2D eigenvalue weighted by atomic mass is 16.4. The molecule has 2 atom stereocenters. The molecular weight excluding hydrogens is 228 g/mol. The molecule has 0 aliphatic carbocycles. The van der Waals surface area contributed by atoms with Gasteiger partial charge in [0.2, 0.25) is 0 Å². The summed E-state index contributed by atoms with van der Waals surface area (Å²) in [4.78, 5) is 11.4. The van der Waals surface area contributed by atoms with E-state index in [0.29, 0.717) is 11.1 Å². The number of carbonyl (C=O) groups is 1. The highest BCUT2D eigenvalue weighted by Gasteiger charge is 2.29. The average molecular weight is 242 g/mol. The van der Waals surface area contributed by atoms with E-state index in [2.05, 4.69) is 0 Å². The second-order valence-corrected chi connectivity index (χ2v) is 4.08. The van der Waals surface area contributed by atoms with Gasteiger partial charge in [0.05, 0.1) is 6.10 Å². The fraction of sp³-hybridized carbons (Fsp3) is 0.133. The largest absolute Gasteiger partial charge is 0.481 e. The first kappa shape index (κ1) is 12.3. The van der Waals surface area contributed by atoms with E-state index >= 15 is 0 Å². The second kappa shape index (κ2) is 5.47. The Morgan fingerprint density at radius 2 is 1.28 bits per heavy atom. The Morgan fingerprint density at radius 3 is 1.72 bits per heavy atom. The molecule has 0 saturated carbocycles. The topological polar surface area (TPSA) is 57.5 Å². The molecule has 2 aromatic rings. The Morgan fingerprint density at radius 1 is 0.833 bits per heavy atom. The molecule has 2 N–H and O–H groups in total. The lowest BCUT2D eigenvalue weighted by Gasteiger charge is -2.19. The molecule has 0 radical (unpaired) electrons. The molecule has 0 spiro atoms. The summed E-state index contributed by atoms with van der Waals surface area (Å²) in [5.41, 5.74) is 1.20. The molecule has 0 aromatic heterocycles. The van der Waals surface area contributed by atoms with Crippen molar-refractivity contribution in [2.24, 2.45) is 0 Å². The lowest BCUT2D eigenvalue weighted by Crippen LogP contribution is -2.19. The predicted octanol–water partition coefficient (Wildman–Crippen LogP) is 2.59. The van der Waals surface area contributed by atoms with Gasteiger partial charge in [0.15, 0.2) is 0 Å². The number of hydrogen-bond donors (Lipinski definition) is 2. The Hall–Kier alpha value is -2.13. The zero-order valence-corrected chi connectivity index (χ0v) is 9.73. The van der Waals surface area contributed by atoms with Gasteiger partial charge in [0.25, 0.3) is 0 Å². The fourth-order valence-corrected chi connectivity index (χ4v) is 1.96. The molecule has 0 aliphatic heterocycles. The van der Waals surface area contributed by atoms with Crippen molar-refractivity contribution in [1.29, 1.82) is 0 Å². The zero-order chi connectivity index (χ0) is 13.0. The Kier molecular flexibility index (Phi) is 3.75. The molecule has 0 aliphatic rings. The number of rotatable bonds is 4. The highest BCUT2D eigenvalue weighted by Crippen LogP contribution is 2.30. The second-order valence-electron chi connectivity index (χ2n) is 4.08. The molecule has 2 rings (SSSR count). The number of benzene rings is 2. The van der Waals surface area contributed by atoms with Crippen molar-refractivity contribution in [2.45, 2.75) is 12.0 Å². The summed E-state index contributed by atoms with van der Waals surface area (Å²) >= 11 is 0. The van der Waals surface area contributed by atoms with Crippen LogP contribution in [0.2, 0.25) is 0 Å². The van der Waals surface area contributed by atoms with E-state index in [0.717, 1.165) is 0 Å². The summed E-state index contributed by atoms with van der Waals surface area (Å²) in [5, 5.41) is 19.5. The van der Waals surface area contributed by atoms with Gasteiger partial charge < -0.3 is 10.2 Å². The van der Waals surface area contributed by atoms with Crippen LogP contribution in [0.3, 0.4) is 0 Å². The highest BCUT2D eigenvalue weighted by molar-refractivity contribution is 5.77. The smallest absolute Gasteiger partial charge is 0.314 e. The van der Waals surface area contributed by atoms with Crippen molar-refractivity contribution < 1.29 is 15.0 Å². The van der Waals surface area contributed by atoms with Gasteiger partial charge in [0, 0.05) is 0 Å². The van der Waals surface area contributed by atoms with E-state index in [4.69, 9.17) is 0 Å². The van der Waals surface area contributed by atoms with E-state index in [1.165, 1.54) is 0 Å². The van der Waals surface area contributed by atoms with Gasteiger partial charge in [-0.3, -0.25) is 4.79 Å². The van der Waals surface area contributed by atoms with Crippen molar-refractivity contribution in [1.82, 2.24) is 0 Å². The standard InChI is InChI=1S/C15H14O3/c16-14(12-9-5-2-6-10-12)13(15(17)18)11-7-3-1-4-8-11/h1-10,13-14,16H,(H,17,18)/t13-,14+/m1/s1. The molecule has 0 fully saturated rings. The molecule has 92 valence electrons. The molecule has 0 saturated heterocycles. The Bertz CT molecular complexity index is 508. The number of hydrogen-bond acceptors (Lipinski definition) is 2. The van der Waals surface area contributed by atoms with E-state index in [1.54, 1.807) is 48.5 Å². The first-order valence-electron chi connectivity index (χ1n) is 5.71. The zero-order valence-electron chi connectivity index (χ0n) is 9.73. The molecule has 0 bridgehead atoms. The first-order chi connectivity index (χ1) is 8.70. The van der Waals surface area contributed by atoms with Crippen LogP contribution >= 0.6 is 0 Å². The van der Waals surface area contributed by atoms with Crippen LogP contribution < -0.4 is 0 Å². The minimum atomic E-state index is -1.05. The summed E-state index contributed by atoms with van der Waals surface area (Å²) in [7, 11) is 0. The molecular formula is C15H14O3. The Balaban J connectivity index is 2.35. The number of aliphatic carboxylic acids is 1. The molecule has 18 heavy (non-hydrogen) atoms. The normalized spacial score (nSPS) is 13.8. The Labute approximate surface area is 105 Å². The van der Waals surface area contributed by atoms with Gasteiger partial charge in [-0.2, -0.15) is 0 Å². The monoisotopic (exact) mass is 242 g/mol. The van der Waals surface area contributed by atoms with E-state index in [9.17, 15) is 15.0 Å². The maximum Gasteiger partial charge on any atom is 0.314 e. The van der Waals surface area contributed by atoms with Crippen LogP contribution in [-0.4, -0.2) is 16.2 Å². The summed E-state index contributed by atoms with van der Waals surface area (Å²) in [5.74, 6) is -1.98. The summed E-state index contributed by atoms with van der Waals surface area (Å²) in [6.07, 6.45) is -1.05. The third-order valence-corrected chi connectivity index (χ3v) is 2.88. The van der Waals surface area contributed by atoms with Crippen molar-refractivity contribution >= 4 is 5.97 Å². The SMILES string of the molecule is O=C(O)[C@H](c1ccccc1)[C@@H](O)c1ccccc1. The molecule has 0 heterocycles.